The summed E-state index contributed by atoms with van der Waals surface area (Å²) in [5.74, 6) is 1.56. The molecule has 233 valence electrons. The Kier molecular flexibility index (Phi) is 15.6. The van der Waals surface area contributed by atoms with Crippen molar-refractivity contribution in [2.24, 2.45) is 23.7 Å². The molecule has 0 aliphatic carbocycles. The number of hydrogen-bond donors (Lipinski definition) is 1. The van der Waals surface area contributed by atoms with E-state index < -0.39 is 0 Å². The van der Waals surface area contributed by atoms with Crippen LogP contribution in [0.15, 0.2) is 60.7 Å². The molecule has 0 saturated carbocycles. The van der Waals surface area contributed by atoms with E-state index in [2.05, 4.69) is 58.3 Å². The van der Waals surface area contributed by atoms with E-state index in [-0.39, 0.29) is 58.1 Å². The van der Waals surface area contributed by atoms with Crippen LogP contribution in [-0.2, 0) is 69.6 Å². The SMILES string of the molecule is C.O=C1CCOCC1.O=C1[C@@H]2COC[C@@H]1CN(Cc1ccccc1)C2.OC1[C@@H]2COC[C@H]1CN(Cc1ccccc1)C2.[Y]. The zero-order chi connectivity index (χ0) is 28.4. The van der Waals surface area contributed by atoms with Gasteiger partial charge in [0.1, 0.15) is 11.6 Å². The third-order valence-corrected chi connectivity index (χ3v) is 8.56. The van der Waals surface area contributed by atoms with Gasteiger partial charge in [-0.1, -0.05) is 68.1 Å². The molecule has 5 saturated heterocycles. The molecule has 0 amide bonds. The summed E-state index contributed by atoms with van der Waals surface area (Å²) >= 11 is 0. The molecule has 1 N–H and O–H groups in total. The van der Waals surface area contributed by atoms with Crippen LogP contribution in [0.3, 0.4) is 0 Å². The topological polar surface area (TPSA) is 88.5 Å². The van der Waals surface area contributed by atoms with Crippen molar-refractivity contribution in [3.63, 3.8) is 0 Å². The van der Waals surface area contributed by atoms with Gasteiger partial charge >= 0.3 is 0 Å². The van der Waals surface area contributed by atoms with Crippen molar-refractivity contribution in [2.45, 2.75) is 39.5 Å². The number of hydrogen-bond acceptors (Lipinski definition) is 8. The monoisotopic (exact) mass is 669 g/mol. The number of likely N-dealkylation sites (tertiary alicyclic amines) is 2. The predicted octanol–water partition coefficient (Wildman–Crippen LogP) is 3.46. The summed E-state index contributed by atoms with van der Waals surface area (Å²) in [6, 6.07) is 21.0. The second kappa shape index (κ2) is 18.6. The molecule has 7 rings (SSSR count). The Morgan fingerprint density at radius 2 is 1.09 bits per heavy atom. The van der Waals surface area contributed by atoms with E-state index in [4.69, 9.17) is 14.2 Å². The fourth-order valence-electron chi connectivity index (χ4n) is 6.39. The van der Waals surface area contributed by atoms with Crippen LogP contribution in [0.2, 0.25) is 0 Å². The molecule has 4 bridgehead atoms. The largest absolute Gasteiger partial charge is 0.392 e. The number of ether oxygens (including phenoxy) is 3. The maximum Gasteiger partial charge on any atom is 0.146 e. The van der Waals surface area contributed by atoms with Crippen LogP contribution < -0.4 is 0 Å². The average molecular weight is 670 g/mol. The summed E-state index contributed by atoms with van der Waals surface area (Å²) < 4.78 is 15.9. The first-order valence-electron chi connectivity index (χ1n) is 15.0. The third-order valence-electron chi connectivity index (χ3n) is 8.56. The number of aliphatic hydroxyl groups is 1. The van der Waals surface area contributed by atoms with Gasteiger partial charge in [0.15, 0.2) is 0 Å². The number of piperidine rings is 2. The Morgan fingerprint density at radius 3 is 1.53 bits per heavy atom. The molecular weight excluding hydrogens is 621 g/mol. The van der Waals surface area contributed by atoms with E-state index in [0.717, 1.165) is 39.3 Å². The third kappa shape index (κ3) is 10.9. The number of rotatable bonds is 4. The molecule has 5 aliphatic heterocycles. The number of ketones is 2. The van der Waals surface area contributed by atoms with E-state index in [1.54, 1.807) is 0 Å². The minimum atomic E-state index is -0.157. The Balaban J connectivity index is 0.000000186. The fraction of sp³-hybridized carbons (Fsp3) is 0.588. The Bertz CT molecular complexity index is 1070. The van der Waals surface area contributed by atoms with Gasteiger partial charge in [-0.25, -0.2) is 0 Å². The smallest absolute Gasteiger partial charge is 0.146 e. The van der Waals surface area contributed by atoms with Crippen molar-refractivity contribution in [1.29, 1.82) is 0 Å². The van der Waals surface area contributed by atoms with Gasteiger partial charge in [0.2, 0.25) is 0 Å². The van der Waals surface area contributed by atoms with Gasteiger partial charge in [0.05, 0.1) is 57.6 Å². The van der Waals surface area contributed by atoms with Gasteiger partial charge in [-0.05, 0) is 11.1 Å². The molecule has 2 aromatic carbocycles. The maximum absolute atomic E-state index is 11.9. The molecule has 9 heteroatoms. The standard InChI is InChI=1S/C14H19NO2.C14H17NO2.C5H8O2.CH4.Y/c2*16-14-12-7-15(8-13(14)10-17-9-12)6-11-4-2-1-3-5-11;6-5-1-3-7-4-2-5;;/h1-5,12-14,16H,6-10H2;1-5,12-13H,6-10H2;1-4H2;1H4;/t12-,13+,14?;12-,13-;;;/m.0.../s1. The first-order chi connectivity index (χ1) is 20.0. The number of benzene rings is 2. The second-order valence-corrected chi connectivity index (χ2v) is 11.9. The molecule has 5 heterocycles. The van der Waals surface area contributed by atoms with E-state index in [1.807, 2.05) is 12.1 Å². The molecule has 1 radical (unpaired) electrons. The summed E-state index contributed by atoms with van der Waals surface area (Å²) in [5.41, 5.74) is 2.67. The number of carbonyl (C=O) groups is 2. The van der Waals surface area contributed by atoms with Crippen LogP contribution in [0.25, 0.3) is 0 Å². The van der Waals surface area contributed by atoms with Crippen LogP contribution in [0.5, 0.6) is 0 Å². The first kappa shape index (κ1) is 36.1. The molecule has 5 aliphatic rings. The van der Waals surface area contributed by atoms with E-state index in [0.29, 0.717) is 75.9 Å². The van der Waals surface area contributed by atoms with E-state index in [1.165, 1.54) is 11.1 Å². The average Bonchev–Trinajstić information content (AvgIpc) is 2.97. The number of aliphatic hydroxyl groups excluding tert-OH is 1. The van der Waals surface area contributed by atoms with Crippen LogP contribution in [0.1, 0.15) is 31.4 Å². The minimum Gasteiger partial charge on any atom is -0.392 e. The van der Waals surface area contributed by atoms with Gasteiger partial charge in [0, 0.05) is 96.7 Å². The van der Waals surface area contributed by atoms with Crippen molar-refractivity contribution < 1.29 is 61.6 Å². The van der Waals surface area contributed by atoms with Crippen molar-refractivity contribution in [2.75, 3.05) is 65.8 Å². The first-order valence-corrected chi connectivity index (χ1v) is 15.0. The van der Waals surface area contributed by atoms with Gasteiger partial charge in [-0.2, -0.15) is 0 Å². The zero-order valence-electron chi connectivity index (χ0n) is 24.5. The number of carbonyl (C=O) groups excluding carboxylic acids is 2. The second-order valence-electron chi connectivity index (χ2n) is 11.9. The summed E-state index contributed by atoms with van der Waals surface area (Å²) in [6.07, 6.45) is 1.09. The Hall–Kier alpha value is -1.36. The summed E-state index contributed by atoms with van der Waals surface area (Å²) in [5, 5.41) is 10.1. The number of Topliss-reactive ketones (excluding diaryl/α,β-unsaturated/α-hetero) is 2. The van der Waals surface area contributed by atoms with Crippen molar-refractivity contribution in [3.05, 3.63) is 71.8 Å². The fourth-order valence-corrected chi connectivity index (χ4v) is 6.39. The summed E-state index contributed by atoms with van der Waals surface area (Å²) in [7, 11) is 0. The minimum absolute atomic E-state index is 0. The van der Waals surface area contributed by atoms with Crippen molar-refractivity contribution in [1.82, 2.24) is 9.80 Å². The Morgan fingerprint density at radius 1 is 0.651 bits per heavy atom. The number of nitrogens with zero attached hydrogens (tertiary/aromatic N) is 2. The molecule has 2 aromatic rings. The quantitative estimate of drug-likeness (QED) is 0.530. The predicted molar refractivity (Wildman–Crippen MR) is 162 cm³/mol. The molecule has 0 aromatic heterocycles. The molecule has 5 fully saturated rings. The van der Waals surface area contributed by atoms with Gasteiger partial charge in [0.25, 0.3) is 0 Å². The van der Waals surface area contributed by atoms with Crippen LogP contribution >= 0.6 is 0 Å². The van der Waals surface area contributed by atoms with Crippen LogP contribution in [-0.4, -0.2) is 98.4 Å². The molecule has 8 nitrogen and oxygen atoms in total. The number of fused-ring (bicyclic) bond motifs is 4. The summed E-state index contributed by atoms with van der Waals surface area (Å²) in [6.45, 7) is 9.46. The van der Waals surface area contributed by atoms with E-state index in [9.17, 15) is 14.7 Å². The molecule has 5 atom stereocenters. The van der Waals surface area contributed by atoms with Crippen molar-refractivity contribution >= 4 is 11.6 Å². The van der Waals surface area contributed by atoms with Crippen LogP contribution in [0.4, 0.5) is 0 Å². The maximum atomic E-state index is 11.9. The molecule has 1 unspecified atom stereocenters. The molecule has 0 spiro atoms. The molecule has 43 heavy (non-hydrogen) atoms. The van der Waals surface area contributed by atoms with E-state index >= 15 is 0 Å². The zero-order valence-corrected chi connectivity index (χ0v) is 27.4. The molecular formula is C34H48N2O6Y. The van der Waals surface area contributed by atoms with Gasteiger partial charge < -0.3 is 19.3 Å². The Labute approximate surface area is 282 Å². The van der Waals surface area contributed by atoms with Gasteiger partial charge in [-0.15, -0.1) is 0 Å². The van der Waals surface area contributed by atoms with Crippen LogP contribution in [0, 0.1) is 23.7 Å². The van der Waals surface area contributed by atoms with Gasteiger partial charge in [-0.3, -0.25) is 19.4 Å². The summed E-state index contributed by atoms with van der Waals surface area (Å²) in [4.78, 5) is 27.1. The van der Waals surface area contributed by atoms with Crippen molar-refractivity contribution in [3.8, 4) is 0 Å². The normalized spacial score (nSPS) is 28.5.